The average Bonchev–Trinajstić information content (AvgIpc) is 2.77. The quantitative estimate of drug-likeness (QED) is 0.302. The highest BCUT2D eigenvalue weighted by Crippen LogP contribution is 2.24. The lowest BCUT2D eigenvalue weighted by Gasteiger charge is -2.12. The van der Waals surface area contributed by atoms with Gasteiger partial charge in [-0.15, -0.1) is 0 Å². The lowest BCUT2D eigenvalue weighted by Crippen LogP contribution is -2.19. The van der Waals surface area contributed by atoms with E-state index in [1.54, 1.807) is 36.4 Å². The van der Waals surface area contributed by atoms with Crippen molar-refractivity contribution < 1.29 is 19.6 Å². The number of carbonyl (C=O) groups excluding carboxylic acids is 1. The summed E-state index contributed by atoms with van der Waals surface area (Å²) in [5.41, 5.74) is 3.13. The van der Waals surface area contributed by atoms with Gasteiger partial charge in [0.1, 0.15) is 0 Å². The van der Waals surface area contributed by atoms with Crippen LogP contribution in [0.4, 0.5) is 5.69 Å². The van der Waals surface area contributed by atoms with Gasteiger partial charge in [-0.25, -0.2) is 0 Å². The molecule has 0 aromatic heterocycles. The second-order valence-corrected chi connectivity index (χ2v) is 7.07. The van der Waals surface area contributed by atoms with Gasteiger partial charge < -0.3 is 5.11 Å². The molecule has 0 bridgehead atoms. The van der Waals surface area contributed by atoms with Crippen LogP contribution in [0.2, 0.25) is 0 Å². The Kier molecular flexibility index (Phi) is 6.70. The maximum absolute atomic E-state index is 12.6. The summed E-state index contributed by atoms with van der Waals surface area (Å²) in [7, 11) is 0. The van der Waals surface area contributed by atoms with E-state index in [1.807, 2.05) is 30.3 Å². The average molecular weight is 403 g/mol. The van der Waals surface area contributed by atoms with Crippen molar-refractivity contribution in [3.63, 3.8) is 0 Å². The summed E-state index contributed by atoms with van der Waals surface area (Å²) >= 11 is 0. The highest BCUT2D eigenvalue weighted by molar-refractivity contribution is 5.98. The van der Waals surface area contributed by atoms with Crippen molar-refractivity contribution in [3.05, 3.63) is 100 Å². The van der Waals surface area contributed by atoms with Crippen LogP contribution < -0.4 is 0 Å². The normalized spacial score (nSPS) is 11.6. The van der Waals surface area contributed by atoms with E-state index >= 15 is 0 Å². The van der Waals surface area contributed by atoms with Crippen LogP contribution in [0.1, 0.15) is 28.8 Å². The van der Waals surface area contributed by atoms with E-state index in [9.17, 15) is 24.8 Å². The molecule has 6 heteroatoms. The molecule has 0 amide bonds. The molecule has 0 spiro atoms. The van der Waals surface area contributed by atoms with E-state index in [1.165, 1.54) is 12.1 Å². The molecule has 3 rings (SSSR count). The highest BCUT2D eigenvalue weighted by atomic mass is 16.6. The number of hydrogen-bond donors (Lipinski definition) is 1. The van der Waals surface area contributed by atoms with Crippen LogP contribution in [0.5, 0.6) is 0 Å². The van der Waals surface area contributed by atoms with Crippen molar-refractivity contribution >= 4 is 17.4 Å². The maximum Gasteiger partial charge on any atom is 0.306 e. The first kappa shape index (κ1) is 20.9. The van der Waals surface area contributed by atoms with Crippen molar-refractivity contribution in [1.29, 1.82) is 0 Å². The Labute approximate surface area is 174 Å². The van der Waals surface area contributed by atoms with Crippen LogP contribution in [0.25, 0.3) is 11.1 Å². The molecule has 0 aliphatic heterocycles. The molecule has 0 radical (unpaired) electrons. The number of ketones is 1. The van der Waals surface area contributed by atoms with Gasteiger partial charge in [-0.05, 0) is 41.7 Å². The topological polar surface area (TPSA) is 97.5 Å². The fourth-order valence-corrected chi connectivity index (χ4v) is 3.26. The third-order valence-electron chi connectivity index (χ3n) is 5.02. The standard InChI is InChI=1S/C24H21NO5/c26-23(16-21(24(27)28)7-6-17-4-2-1-3-5-17)20-10-8-18(9-11-20)19-12-14-22(15-13-19)25(29)30/h1-5,8-15,21H,6-7,16H2,(H,27,28)/t21-/m1/s1. The Morgan fingerprint density at radius 2 is 1.43 bits per heavy atom. The molecule has 152 valence electrons. The molecule has 30 heavy (non-hydrogen) atoms. The Hall–Kier alpha value is -3.80. The minimum Gasteiger partial charge on any atom is -0.481 e. The molecule has 1 atom stereocenters. The van der Waals surface area contributed by atoms with Crippen LogP contribution >= 0.6 is 0 Å². The van der Waals surface area contributed by atoms with E-state index < -0.39 is 16.8 Å². The van der Waals surface area contributed by atoms with Crippen LogP contribution in [-0.2, 0) is 11.2 Å². The number of carboxylic acid groups (broad SMARTS) is 1. The van der Waals surface area contributed by atoms with E-state index in [-0.39, 0.29) is 17.9 Å². The number of carbonyl (C=O) groups is 2. The van der Waals surface area contributed by atoms with E-state index in [0.717, 1.165) is 16.7 Å². The van der Waals surface area contributed by atoms with Gasteiger partial charge in [-0.1, -0.05) is 54.6 Å². The summed E-state index contributed by atoms with van der Waals surface area (Å²) in [6, 6.07) is 22.6. The predicted octanol–water partition coefficient (Wildman–Crippen LogP) is 5.17. The number of non-ortho nitro benzene ring substituents is 1. The van der Waals surface area contributed by atoms with Crippen LogP contribution in [0, 0.1) is 16.0 Å². The van der Waals surface area contributed by atoms with E-state index in [4.69, 9.17) is 0 Å². The number of nitro benzene ring substituents is 1. The largest absolute Gasteiger partial charge is 0.481 e. The summed E-state index contributed by atoms with van der Waals surface area (Å²) < 4.78 is 0. The number of Topliss-reactive ketones (excluding diaryl/α,β-unsaturated/α-hetero) is 1. The van der Waals surface area contributed by atoms with Gasteiger partial charge in [-0.3, -0.25) is 19.7 Å². The first-order chi connectivity index (χ1) is 14.4. The number of nitrogens with zero attached hydrogens (tertiary/aromatic N) is 1. The highest BCUT2D eigenvalue weighted by Gasteiger charge is 2.22. The van der Waals surface area contributed by atoms with E-state index in [0.29, 0.717) is 18.4 Å². The van der Waals surface area contributed by atoms with Gasteiger partial charge in [-0.2, -0.15) is 0 Å². The molecule has 6 nitrogen and oxygen atoms in total. The third-order valence-corrected chi connectivity index (χ3v) is 5.02. The Morgan fingerprint density at radius 3 is 1.97 bits per heavy atom. The Morgan fingerprint density at radius 1 is 0.867 bits per heavy atom. The summed E-state index contributed by atoms with van der Waals surface area (Å²) in [6.45, 7) is 0. The van der Waals surface area contributed by atoms with Crippen molar-refractivity contribution in [2.75, 3.05) is 0 Å². The third kappa shape index (κ3) is 5.38. The number of benzene rings is 3. The first-order valence-corrected chi connectivity index (χ1v) is 9.59. The van der Waals surface area contributed by atoms with Gasteiger partial charge in [0.05, 0.1) is 10.8 Å². The molecular weight excluding hydrogens is 382 g/mol. The molecule has 0 unspecified atom stereocenters. The minimum atomic E-state index is -0.971. The molecule has 0 fully saturated rings. The molecule has 3 aromatic carbocycles. The molecular formula is C24H21NO5. The molecule has 0 saturated heterocycles. The van der Waals surface area contributed by atoms with Crippen molar-refractivity contribution in [3.8, 4) is 11.1 Å². The van der Waals surface area contributed by atoms with Crippen LogP contribution in [0.15, 0.2) is 78.9 Å². The smallest absolute Gasteiger partial charge is 0.306 e. The van der Waals surface area contributed by atoms with Crippen LogP contribution in [-0.4, -0.2) is 21.8 Å². The zero-order valence-corrected chi connectivity index (χ0v) is 16.2. The summed E-state index contributed by atoms with van der Waals surface area (Å²) in [5.74, 6) is -1.93. The second-order valence-electron chi connectivity index (χ2n) is 7.07. The maximum atomic E-state index is 12.6. The van der Waals surface area contributed by atoms with Crippen LogP contribution in [0.3, 0.4) is 0 Å². The molecule has 0 aliphatic rings. The van der Waals surface area contributed by atoms with Gasteiger partial charge in [0.15, 0.2) is 5.78 Å². The molecule has 0 saturated carbocycles. The number of nitro groups is 1. The monoisotopic (exact) mass is 403 g/mol. The second kappa shape index (κ2) is 9.60. The molecule has 1 N–H and O–H groups in total. The Balaban J connectivity index is 1.65. The number of hydrogen-bond acceptors (Lipinski definition) is 4. The lowest BCUT2D eigenvalue weighted by atomic mass is 9.92. The number of aryl methyl sites for hydroxylation is 1. The van der Waals surface area contributed by atoms with Gasteiger partial charge in [0, 0.05) is 24.1 Å². The first-order valence-electron chi connectivity index (χ1n) is 9.59. The van der Waals surface area contributed by atoms with Gasteiger partial charge >= 0.3 is 5.97 Å². The number of aliphatic carboxylic acids is 1. The Bertz CT molecular complexity index is 1030. The molecule has 3 aromatic rings. The zero-order chi connectivity index (χ0) is 21.5. The van der Waals surface area contributed by atoms with Crippen molar-refractivity contribution in [2.45, 2.75) is 19.3 Å². The van der Waals surface area contributed by atoms with E-state index in [2.05, 4.69) is 0 Å². The number of rotatable bonds is 9. The molecule has 0 heterocycles. The SMILES string of the molecule is O=C(C[C@@H](CCc1ccccc1)C(=O)O)c1ccc(-c2ccc([N+](=O)[O-])cc2)cc1. The number of carboxylic acids is 1. The fraction of sp³-hybridized carbons (Fsp3) is 0.167. The minimum absolute atomic E-state index is 0.0146. The lowest BCUT2D eigenvalue weighted by molar-refractivity contribution is -0.384. The predicted molar refractivity (Wildman–Crippen MR) is 113 cm³/mol. The van der Waals surface area contributed by atoms with Crippen molar-refractivity contribution in [2.24, 2.45) is 5.92 Å². The van der Waals surface area contributed by atoms with Gasteiger partial charge in [0.2, 0.25) is 0 Å². The van der Waals surface area contributed by atoms with Gasteiger partial charge in [0.25, 0.3) is 5.69 Å². The van der Waals surface area contributed by atoms with Crippen molar-refractivity contribution in [1.82, 2.24) is 0 Å². The summed E-state index contributed by atoms with van der Waals surface area (Å²) in [4.78, 5) is 34.5. The molecule has 0 aliphatic carbocycles. The zero-order valence-electron chi connectivity index (χ0n) is 16.2. The summed E-state index contributed by atoms with van der Waals surface area (Å²) in [5, 5.41) is 20.3. The fourth-order valence-electron chi connectivity index (χ4n) is 3.26. The summed E-state index contributed by atoms with van der Waals surface area (Å²) in [6.07, 6.45) is 0.940.